The van der Waals surface area contributed by atoms with Crippen LogP contribution in [0.5, 0.6) is 17.2 Å². The number of benzene rings is 2. The molecule has 0 bridgehead atoms. The first-order chi connectivity index (χ1) is 12.2. The van der Waals surface area contributed by atoms with Crippen LogP contribution < -0.4 is 19.5 Å². The molecule has 25 heavy (non-hydrogen) atoms. The highest BCUT2D eigenvalue weighted by molar-refractivity contribution is 5.66. The van der Waals surface area contributed by atoms with Gasteiger partial charge >= 0.3 is 0 Å². The summed E-state index contributed by atoms with van der Waals surface area (Å²) >= 11 is 0. The van der Waals surface area contributed by atoms with Gasteiger partial charge in [-0.1, -0.05) is 12.1 Å². The average molecular weight is 339 g/mol. The maximum absolute atomic E-state index is 6.27. The molecule has 0 unspecified atom stereocenters. The summed E-state index contributed by atoms with van der Waals surface area (Å²) in [5.41, 5.74) is 3.13. The Bertz CT molecular complexity index is 819. The second kappa shape index (κ2) is 5.30. The average Bonchev–Trinajstić information content (AvgIpc) is 3.26. The monoisotopic (exact) mass is 339 g/mol. The summed E-state index contributed by atoms with van der Waals surface area (Å²) in [6, 6.07) is 12.6. The number of anilines is 1. The molecule has 130 valence electrons. The zero-order valence-corrected chi connectivity index (χ0v) is 14.4. The molecule has 2 aromatic carbocycles. The summed E-state index contributed by atoms with van der Waals surface area (Å²) in [6.07, 6.45) is 1.02. The highest BCUT2D eigenvalue weighted by atomic mass is 16.7. The first-order valence-electron chi connectivity index (χ1n) is 8.67. The van der Waals surface area contributed by atoms with Gasteiger partial charge in [-0.05, 0) is 37.1 Å². The van der Waals surface area contributed by atoms with Crippen LogP contribution in [0, 0.1) is 5.92 Å². The van der Waals surface area contributed by atoms with E-state index in [4.69, 9.17) is 18.9 Å². The van der Waals surface area contributed by atoms with Gasteiger partial charge in [0.05, 0.1) is 18.8 Å². The number of ether oxygens (including phenoxy) is 4. The van der Waals surface area contributed by atoms with Crippen LogP contribution in [0.15, 0.2) is 36.4 Å². The van der Waals surface area contributed by atoms with Gasteiger partial charge in [-0.3, -0.25) is 0 Å². The van der Waals surface area contributed by atoms with E-state index >= 15 is 0 Å². The molecule has 5 nitrogen and oxygen atoms in total. The molecule has 0 aliphatic carbocycles. The molecule has 3 heterocycles. The summed E-state index contributed by atoms with van der Waals surface area (Å²) in [5, 5.41) is 3.72. The molecule has 0 radical (unpaired) electrons. The van der Waals surface area contributed by atoms with Crippen molar-refractivity contribution < 1.29 is 18.9 Å². The van der Waals surface area contributed by atoms with Crippen LogP contribution in [-0.4, -0.2) is 20.5 Å². The normalized spacial score (nSPS) is 28.9. The van der Waals surface area contributed by atoms with Crippen LogP contribution in [0.3, 0.4) is 0 Å². The van der Waals surface area contributed by atoms with Crippen LogP contribution in [0.4, 0.5) is 5.69 Å². The fraction of sp³-hybridized carbons (Fsp3) is 0.400. The van der Waals surface area contributed by atoms with Crippen molar-refractivity contribution in [2.45, 2.75) is 25.0 Å². The van der Waals surface area contributed by atoms with Crippen LogP contribution in [-0.2, 0) is 10.3 Å². The maximum atomic E-state index is 6.27. The molecule has 0 amide bonds. The van der Waals surface area contributed by atoms with E-state index in [1.807, 2.05) is 18.2 Å². The summed E-state index contributed by atoms with van der Waals surface area (Å²) in [5.74, 6) is 2.82. The molecular weight excluding hydrogens is 318 g/mol. The van der Waals surface area contributed by atoms with Crippen molar-refractivity contribution in [2.24, 2.45) is 5.92 Å². The maximum Gasteiger partial charge on any atom is 0.231 e. The number of rotatable bonds is 2. The van der Waals surface area contributed by atoms with Crippen molar-refractivity contribution in [3.8, 4) is 17.2 Å². The first kappa shape index (κ1) is 14.9. The number of hydrogen-bond acceptors (Lipinski definition) is 5. The van der Waals surface area contributed by atoms with Crippen molar-refractivity contribution in [2.75, 3.05) is 25.8 Å². The lowest BCUT2D eigenvalue weighted by Crippen LogP contribution is -2.40. The minimum absolute atomic E-state index is 0.186. The van der Waals surface area contributed by atoms with E-state index in [0.717, 1.165) is 41.5 Å². The third-order valence-corrected chi connectivity index (χ3v) is 5.77. The molecule has 3 atom stereocenters. The van der Waals surface area contributed by atoms with Gasteiger partial charge in [0.1, 0.15) is 5.75 Å². The smallest absolute Gasteiger partial charge is 0.231 e. The van der Waals surface area contributed by atoms with Crippen molar-refractivity contribution in [1.82, 2.24) is 0 Å². The topological polar surface area (TPSA) is 49.0 Å². The molecule has 0 spiro atoms. The van der Waals surface area contributed by atoms with Gasteiger partial charge in [0, 0.05) is 29.8 Å². The molecular formula is C20H21NO4. The van der Waals surface area contributed by atoms with Gasteiger partial charge in [0.25, 0.3) is 0 Å². The Morgan fingerprint density at radius 1 is 1.12 bits per heavy atom. The fourth-order valence-corrected chi connectivity index (χ4v) is 4.41. The summed E-state index contributed by atoms with van der Waals surface area (Å²) in [7, 11) is 1.69. The highest BCUT2D eigenvalue weighted by Gasteiger charge is 2.51. The second-order valence-electron chi connectivity index (χ2n) is 7.00. The molecule has 5 rings (SSSR count). The molecule has 2 aromatic rings. The molecule has 1 N–H and O–H groups in total. The van der Waals surface area contributed by atoms with Gasteiger partial charge in [0.2, 0.25) is 6.79 Å². The molecule has 1 saturated heterocycles. The fourth-order valence-electron chi connectivity index (χ4n) is 4.41. The van der Waals surface area contributed by atoms with E-state index in [9.17, 15) is 0 Å². The third kappa shape index (κ3) is 2.12. The minimum Gasteiger partial charge on any atom is -0.497 e. The Morgan fingerprint density at radius 3 is 2.64 bits per heavy atom. The molecule has 3 aliphatic heterocycles. The van der Waals surface area contributed by atoms with E-state index in [0.29, 0.717) is 5.92 Å². The first-order valence-corrected chi connectivity index (χ1v) is 8.67. The number of hydrogen-bond donors (Lipinski definition) is 1. The van der Waals surface area contributed by atoms with Crippen LogP contribution in [0.25, 0.3) is 0 Å². The predicted molar refractivity (Wildman–Crippen MR) is 93.3 cm³/mol. The summed E-state index contributed by atoms with van der Waals surface area (Å²) < 4.78 is 22.7. The molecule has 0 saturated carbocycles. The third-order valence-electron chi connectivity index (χ3n) is 5.77. The van der Waals surface area contributed by atoms with Gasteiger partial charge in [-0.2, -0.15) is 0 Å². The minimum atomic E-state index is -0.327. The standard InChI is InChI=1S/C20H21NO4/c1-20-14(7-8-25-20)19(12-3-5-13(22-2)6-4-12)21-16-10-18-17(9-15(16)20)23-11-24-18/h3-6,9-10,14,19,21H,7-8,11H2,1-2H3/t14-,19+,20-/m0/s1. The van der Waals surface area contributed by atoms with Gasteiger partial charge < -0.3 is 24.3 Å². The zero-order valence-electron chi connectivity index (χ0n) is 14.4. The Labute approximate surface area is 146 Å². The van der Waals surface area contributed by atoms with Crippen molar-refractivity contribution in [1.29, 1.82) is 0 Å². The van der Waals surface area contributed by atoms with E-state index in [-0.39, 0.29) is 18.4 Å². The molecule has 5 heteroatoms. The predicted octanol–water partition coefficient (Wildman–Crippen LogP) is 3.84. The quantitative estimate of drug-likeness (QED) is 0.901. The Kier molecular flexibility index (Phi) is 3.16. The summed E-state index contributed by atoms with van der Waals surface area (Å²) in [4.78, 5) is 0. The van der Waals surface area contributed by atoms with Gasteiger partial charge in [-0.15, -0.1) is 0 Å². The zero-order chi connectivity index (χ0) is 17.0. The lowest BCUT2D eigenvalue weighted by molar-refractivity contribution is -0.0179. The van der Waals surface area contributed by atoms with Crippen molar-refractivity contribution in [3.63, 3.8) is 0 Å². The number of nitrogens with one attached hydrogen (secondary N) is 1. The number of fused-ring (bicyclic) bond motifs is 4. The highest BCUT2D eigenvalue weighted by Crippen LogP contribution is 2.56. The van der Waals surface area contributed by atoms with Gasteiger partial charge in [0.15, 0.2) is 11.5 Å². The van der Waals surface area contributed by atoms with E-state index in [1.54, 1.807) is 7.11 Å². The van der Waals surface area contributed by atoms with E-state index in [1.165, 1.54) is 5.56 Å². The second-order valence-corrected chi connectivity index (χ2v) is 7.00. The van der Waals surface area contributed by atoms with Crippen molar-refractivity contribution in [3.05, 3.63) is 47.5 Å². The molecule has 0 aromatic heterocycles. The lowest BCUT2D eigenvalue weighted by atomic mass is 9.73. The van der Waals surface area contributed by atoms with Crippen LogP contribution in [0.2, 0.25) is 0 Å². The Balaban J connectivity index is 1.61. The van der Waals surface area contributed by atoms with Crippen molar-refractivity contribution >= 4 is 5.69 Å². The summed E-state index contributed by atoms with van der Waals surface area (Å²) in [6.45, 7) is 3.24. The number of methoxy groups -OCH3 is 1. The Morgan fingerprint density at radius 2 is 1.88 bits per heavy atom. The van der Waals surface area contributed by atoms with Crippen LogP contribution >= 0.6 is 0 Å². The molecule has 3 aliphatic rings. The molecule has 1 fully saturated rings. The largest absolute Gasteiger partial charge is 0.497 e. The van der Waals surface area contributed by atoms with Crippen LogP contribution in [0.1, 0.15) is 30.5 Å². The van der Waals surface area contributed by atoms with E-state index in [2.05, 4.69) is 30.4 Å². The Hall–Kier alpha value is -2.40. The lowest BCUT2D eigenvalue weighted by Gasteiger charge is -2.43. The van der Waals surface area contributed by atoms with E-state index < -0.39 is 0 Å². The van der Waals surface area contributed by atoms with Gasteiger partial charge in [-0.25, -0.2) is 0 Å². The SMILES string of the molecule is COc1ccc([C@H]2Nc3cc4c(cc3[C@@]3(C)OCC[C@@H]23)OCO4)cc1.